The number of fused-ring (bicyclic) bond motifs is 2. The van der Waals surface area contributed by atoms with E-state index in [1.54, 1.807) is 32.9 Å². The molecule has 0 amide bonds. The van der Waals surface area contributed by atoms with E-state index in [1.165, 1.54) is 0 Å². The molecule has 8 nitrogen and oxygen atoms in total. The fraction of sp³-hybridized carbons (Fsp3) is 0.367. The first kappa shape index (κ1) is 27.0. The third kappa shape index (κ3) is 5.30. The number of carbonyl (C=O) groups is 3. The van der Waals surface area contributed by atoms with Crippen molar-refractivity contribution in [2.45, 2.75) is 34.1 Å². The smallest absolute Gasteiger partial charge is 0.338 e. The molecule has 0 bridgehead atoms. The summed E-state index contributed by atoms with van der Waals surface area (Å²) in [7, 11) is 0. The molecule has 0 spiro atoms. The number of allylic oxidation sites excluding steroid dienone is 1. The van der Waals surface area contributed by atoms with E-state index in [1.807, 2.05) is 48.2 Å². The SMILES string of the molecule is CCOC(=O)C1=C(C(=O)OCC)C2CN(c3ccccc3)c3c(ccc(C(=O)OCC)c3C)OCC2=CC1. The van der Waals surface area contributed by atoms with Crippen LogP contribution in [0, 0.1) is 12.8 Å². The van der Waals surface area contributed by atoms with Crippen molar-refractivity contribution >= 4 is 29.3 Å². The number of ether oxygens (including phenoxy) is 4. The second-order valence-corrected chi connectivity index (χ2v) is 8.91. The number of nitrogens with zero attached hydrogens (tertiary/aromatic N) is 1. The molecule has 1 aliphatic heterocycles. The quantitative estimate of drug-likeness (QED) is 0.284. The van der Waals surface area contributed by atoms with Crippen LogP contribution in [-0.2, 0) is 23.8 Å². The molecule has 1 heterocycles. The van der Waals surface area contributed by atoms with Crippen LogP contribution < -0.4 is 9.64 Å². The van der Waals surface area contributed by atoms with E-state index in [0.717, 1.165) is 11.3 Å². The molecule has 2 aliphatic rings. The Morgan fingerprint density at radius 3 is 2.24 bits per heavy atom. The topological polar surface area (TPSA) is 91.4 Å². The molecule has 0 saturated carbocycles. The van der Waals surface area contributed by atoms with Crippen molar-refractivity contribution in [1.29, 1.82) is 0 Å². The standard InChI is InChI=1S/C30H33NO7/c1-5-35-28(32)22-15-16-25-27(19(22)4)31(21-11-9-8-10-12-21)17-24-20(18-38-25)13-14-23(29(33)36-6-2)26(24)30(34)37-7-3/h8-13,15-16,24H,5-7,14,17-18H2,1-4H3. The van der Waals surface area contributed by atoms with E-state index >= 15 is 0 Å². The fourth-order valence-electron chi connectivity index (χ4n) is 4.97. The van der Waals surface area contributed by atoms with Gasteiger partial charge in [0.15, 0.2) is 0 Å². The summed E-state index contributed by atoms with van der Waals surface area (Å²) in [6, 6.07) is 13.2. The van der Waals surface area contributed by atoms with Gasteiger partial charge in [-0.2, -0.15) is 0 Å². The second-order valence-electron chi connectivity index (χ2n) is 8.91. The molecular formula is C30H33NO7. The highest BCUT2D eigenvalue weighted by Gasteiger charge is 2.38. The Kier molecular flexibility index (Phi) is 8.51. The van der Waals surface area contributed by atoms with Gasteiger partial charge in [0.05, 0.1) is 42.2 Å². The van der Waals surface area contributed by atoms with Crippen LogP contribution in [-0.4, -0.2) is 50.9 Å². The number of hydrogen-bond donors (Lipinski definition) is 0. The minimum atomic E-state index is -0.544. The monoisotopic (exact) mass is 519 g/mol. The van der Waals surface area contributed by atoms with E-state index in [4.69, 9.17) is 18.9 Å². The molecule has 1 atom stereocenters. The van der Waals surface area contributed by atoms with Crippen molar-refractivity contribution in [1.82, 2.24) is 0 Å². The third-order valence-corrected chi connectivity index (χ3v) is 6.69. The lowest BCUT2D eigenvalue weighted by Crippen LogP contribution is -2.37. The molecule has 4 rings (SSSR count). The molecule has 200 valence electrons. The molecule has 2 aromatic carbocycles. The molecule has 1 unspecified atom stereocenters. The Morgan fingerprint density at radius 1 is 0.895 bits per heavy atom. The van der Waals surface area contributed by atoms with E-state index in [9.17, 15) is 14.4 Å². The van der Waals surface area contributed by atoms with Gasteiger partial charge in [0, 0.05) is 18.2 Å². The first-order valence-electron chi connectivity index (χ1n) is 12.9. The second kappa shape index (κ2) is 12.0. The summed E-state index contributed by atoms with van der Waals surface area (Å²) in [5.41, 5.74) is 4.13. The van der Waals surface area contributed by atoms with E-state index < -0.39 is 23.8 Å². The maximum absolute atomic E-state index is 13.3. The number of esters is 3. The third-order valence-electron chi connectivity index (χ3n) is 6.69. The Hall–Kier alpha value is -4.07. The Bertz CT molecular complexity index is 1280. The molecule has 0 aromatic heterocycles. The van der Waals surface area contributed by atoms with Crippen LogP contribution in [0.5, 0.6) is 5.75 Å². The molecular weight excluding hydrogens is 486 g/mol. The number of carbonyl (C=O) groups excluding carboxylic acids is 3. The van der Waals surface area contributed by atoms with Gasteiger partial charge in [-0.3, -0.25) is 0 Å². The van der Waals surface area contributed by atoms with Gasteiger partial charge in [0.25, 0.3) is 0 Å². The van der Waals surface area contributed by atoms with Gasteiger partial charge >= 0.3 is 17.9 Å². The number of anilines is 2. The van der Waals surface area contributed by atoms with Gasteiger partial charge in [-0.25, -0.2) is 14.4 Å². The lowest BCUT2D eigenvalue weighted by atomic mass is 9.80. The van der Waals surface area contributed by atoms with Crippen LogP contribution >= 0.6 is 0 Å². The normalized spacial score (nSPS) is 16.7. The maximum atomic E-state index is 13.3. The van der Waals surface area contributed by atoms with Gasteiger partial charge in [-0.05, 0) is 69.5 Å². The maximum Gasteiger partial charge on any atom is 0.338 e. The molecule has 8 heteroatoms. The lowest BCUT2D eigenvalue weighted by molar-refractivity contribution is -0.142. The summed E-state index contributed by atoms with van der Waals surface area (Å²) in [6.45, 7) is 8.25. The largest absolute Gasteiger partial charge is 0.487 e. The van der Waals surface area contributed by atoms with Gasteiger partial charge in [0.1, 0.15) is 12.4 Å². The van der Waals surface area contributed by atoms with Crippen molar-refractivity contribution in [2.24, 2.45) is 5.92 Å². The Labute approximate surface area is 222 Å². The van der Waals surface area contributed by atoms with Crippen molar-refractivity contribution in [3.05, 3.63) is 76.4 Å². The minimum Gasteiger partial charge on any atom is -0.487 e. The molecule has 0 radical (unpaired) electrons. The van der Waals surface area contributed by atoms with Crippen molar-refractivity contribution in [3.63, 3.8) is 0 Å². The molecule has 2 aromatic rings. The average molecular weight is 520 g/mol. The zero-order valence-corrected chi connectivity index (χ0v) is 22.2. The predicted molar refractivity (Wildman–Crippen MR) is 143 cm³/mol. The highest BCUT2D eigenvalue weighted by molar-refractivity contribution is 6.02. The van der Waals surface area contributed by atoms with Crippen LogP contribution in [0.4, 0.5) is 11.4 Å². The highest BCUT2D eigenvalue weighted by Crippen LogP contribution is 2.44. The molecule has 1 aliphatic carbocycles. The van der Waals surface area contributed by atoms with E-state index in [2.05, 4.69) is 0 Å². The number of hydrogen-bond acceptors (Lipinski definition) is 8. The van der Waals surface area contributed by atoms with Crippen LogP contribution in [0.25, 0.3) is 0 Å². The van der Waals surface area contributed by atoms with Crippen LogP contribution in [0.15, 0.2) is 65.3 Å². The van der Waals surface area contributed by atoms with Crippen LogP contribution in [0.1, 0.15) is 43.1 Å². The minimum absolute atomic E-state index is 0.175. The number of benzene rings is 2. The zero-order valence-electron chi connectivity index (χ0n) is 22.2. The summed E-state index contributed by atoms with van der Waals surface area (Å²) in [6.07, 6.45) is 2.19. The first-order chi connectivity index (χ1) is 18.4. The van der Waals surface area contributed by atoms with Gasteiger partial charge < -0.3 is 23.8 Å². The average Bonchev–Trinajstić information content (AvgIpc) is 2.90. The zero-order chi connectivity index (χ0) is 27.2. The van der Waals surface area contributed by atoms with Crippen molar-refractivity contribution in [3.8, 4) is 5.75 Å². The van der Waals surface area contributed by atoms with Crippen LogP contribution in [0.2, 0.25) is 0 Å². The first-order valence-corrected chi connectivity index (χ1v) is 12.9. The molecule has 0 saturated heterocycles. The molecule has 0 fully saturated rings. The van der Waals surface area contributed by atoms with Gasteiger partial charge in [-0.15, -0.1) is 0 Å². The molecule has 38 heavy (non-hydrogen) atoms. The summed E-state index contributed by atoms with van der Waals surface area (Å²) in [4.78, 5) is 41.0. The van der Waals surface area contributed by atoms with Crippen molar-refractivity contribution < 1.29 is 33.3 Å². The van der Waals surface area contributed by atoms with E-state index in [0.29, 0.717) is 34.7 Å². The summed E-state index contributed by atoms with van der Waals surface area (Å²) >= 11 is 0. The van der Waals surface area contributed by atoms with Crippen molar-refractivity contribution in [2.75, 3.05) is 37.9 Å². The highest BCUT2D eigenvalue weighted by atomic mass is 16.5. The van der Waals surface area contributed by atoms with Gasteiger partial charge in [0.2, 0.25) is 0 Å². The van der Waals surface area contributed by atoms with E-state index in [-0.39, 0.29) is 38.4 Å². The predicted octanol–water partition coefficient (Wildman–Crippen LogP) is 5.07. The van der Waals surface area contributed by atoms with Gasteiger partial charge in [-0.1, -0.05) is 24.3 Å². The summed E-state index contributed by atoms with van der Waals surface area (Å²) < 4.78 is 22.3. The molecule has 0 N–H and O–H groups in total. The van der Waals surface area contributed by atoms with Crippen LogP contribution in [0.3, 0.4) is 0 Å². The number of para-hydroxylation sites is 1. The Morgan fingerprint density at radius 2 is 1.55 bits per heavy atom. The summed E-state index contributed by atoms with van der Waals surface area (Å²) in [5, 5.41) is 0. The lowest BCUT2D eigenvalue weighted by Gasteiger charge is -2.38. The summed E-state index contributed by atoms with van der Waals surface area (Å²) in [5.74, 6) is -1.38. The Balaban J connectivity index is 1.90. The fourth-order valence-corrected chi connectivity index (χ4v) is 4.97. The number of rotatable bonds is 7.